The molecule has 1 saturated carbocycles. The largest absolute Gasteiger partial charge is 0.484 e. The van der Waals surface area contributed by atoms with Crippen molar-refractivity contribution in [2.75, 3.05) is 13.1 Å². The molecule has 1 spiro atoms. The first-order valence-electron chi connectivity index (χ1n) is 13.4. The molecule has 2 fully saturated rings. The molecule has 0 radical (unpaired) electrons. The van der Waals surface area contributed by atoms with Gasteiger partial charge < -0.3 is 9.84 Å². The minimum Gasteiger partial charge on any atom is -0.484 e. The van der Waals surface area contributed by atoms with Gasteiger partial charge in [-0.25, -0.2) is 4.39 Å². The molecule has 2 aromatic carbocycles. The van der Waals surface area contributed by atoms with Crippen LogP contribution in [-0.2, 0) is 30.1 Å². The number of benzene rings is 2. The maximum Gasteiger partial charge on any atom is 0.416 e. The number of likely N-dealkylation sites (tertiary alicyclic amines) is 1. The Morgan fingerprint density at radius 3 is 2.30 bits per heavy atom. The average molecular weight is 574 g/mol. The summed E-state index contributed by atoms with van der Waals surface area (Å²) in [5.41, 5.74) is -2.41. The van der Waals surface area contributed by atoms with E-state index in [1.807, 2.05) is 0 Å². The summed E-state index contributed by atoms with van der Waals surface area (Å²) in [5.74, 6) is -2.58. The van der Waals surface area contributed by atoms with Crippen LogP contribution in [0.15, 0.2) is 30.3 Å². The minimum atomic E-state index is -4.79. The fraction of sp³-hybridized carbons (Fsp3) is 0.552. The smallest absolute Gasteiger partial charge is 0.416 e. The van der Waals surface area contributed by atoms with E-state index in [1.165, 1.54) is 0 Å². The summed E-state index contributed by atoms with van der Waals surface area (Å²) in [6.45, 7) is 1.81. The second-order valence-electron chi connectivity index (χ2n) is 11.4. The highest BCUT2D eigenvalue weighted by molar-refractivity contribution is 5.71. The predicted molar refractivity (Wildman–Crippen MR) is 131 cm³/mol. The molecule has 5 rings (SSSR count). The van der Waals surface area contributed by atoms with Crippen LogP contribution >= 0.6 is 0 Å². The van der Waals surface area contributed by atoms with Gasteiger partial charge in [-0.15, -0.1) is 0 Å². The third-order valence-corrected chi connectivity index (χ3v) is 8.69. The standard InChI is InChI=1S/C29H30F7NO3/c1-16(26(38)39)23(17-2-3-17)21-6-4-18-8-9-27(40-25(18)24(21)30)10-12-37(13-11-27)15-19-14-20(28(31,32)33)5-7-22(19)29(34,35)36/h4-7,14,16-17,23H,2-3,8-13,15H2,1H3,(H,38,39)/t16-,23-/m0/s1. The van der Waals surface area contributed by atoms with Crippen molar-refractivity contribution in [3.05, 3.63) is 64.0 Å². The molecule has 40 heavy (non-hydrogen) atoms. The Hall–Kier alpha value is -2.82. The van der Waals surface area contributed by atoms with Crippen molar-refractivity contribution >= 4 is 5.97 Å². The second kappa shape index (κ2) is 10.2. The maximum absolute atomic E-state index is 15.9. The first-order valence-corrected chi connectivity index (χ1v) is 13.4. The molecule has 218 valence electrons. The van der Waals surface area contributed by atoms with Crippen LogP contribution in [0.2, 0.25) is 0 Å². The van der Waals surface area contributed by atoms with Crippen LogP contribution in [0.4, 0.5) is 30.7 Å². The predicted octanol–water partition coefficient (Wildman–Crippen LogP) is 7.44. The van der Waals surface area contributed by atoms with E-state index in [4.69, 9.17) is 4.74 Å². The summed E-state index contributed by atoms with van der Waals surface area (Å²) in [7, 11) is 0. The number of nitrogens with zero attached hydrogens (tertiary/aromatic N) is 1. The van der Waals surface area contributed by atoms with E-state index in [9.17, 15) is 36.2 Å². The van der Waals surface area contributed by atoms with E-state index in [1.54, 1.807) is 24.0 Å². The van der Waals surface area contributed by atoms with Crippen LogP contribution in [0, 0.1) is 17.7 Å². The van der Waals surface area contributed by atoms with Crippen molar-refractivity contribution in [2.24, 2.45) is 11.8 Å². The topological polar surface area (TPSA) is 49.8 Å². The molecule has 1 N–H and O–H groups in total. The highest BCUT2D eigenvalue weighted by atomic mass is 19.4. The summed E-state index contributed by atoms with van der Waals surface area (Å²) >= 11 is 0. The normalized spacial score (nSPS) is 21.0. The summed E-state index contributed by atoms with van der Waals surface area (Å²) in [6.07, 6.45) is -6.05. The van der Waals surface area contributed by atoms with Gasteiger partial charge in [0.1, 0.15) is 5.60 Å². The van der Waals surface area contributed by atoms with Gasteiger partial charge in [0.15, 0.2) is 11.6 Å². The van der Waals surface area contributed by atoms with E-state index in [0.717, 1.165) is 12.8 Å². The van der Waals surface area contributed by atoms with Crippen LogP contribution in [0.1, 0.15) is 72.8 Å². The Labute approximate surface area is 227 Å². The van der Waals surface area contributed by atoms with Crippen molar-refractivity contribution < 1.29 is 45.4 Å². The van der Waals surface area contributed by atoms with Gasteiger partial charge in [0.05, 0.1) is 17.0 Å². The Kier molecular flexibility index (Phi) is 7.34. The quantitative estimate of drug-likeness (QED) is 0.365. The highest BCUT2D eigenvalue weighted by Gasteiger charge is 2.44. The zero-order valence-corrected chi connectivity index (χ0v) is 21.8. The van der Waals surface area contributed by atoms with Gasteiger partial charge in [0.25, 0.3) is 0 Å². The minimum absolute atomic E-state index is 0.0943. The van der Waals surface area contributed by atoms with E-state index in [-0.39, 0.29) is 31.3 Å². The lowest BCUT2D eigenvalue weighted by Gasteiger charge is -2.45. The molecule has 1 saturated heterocycles. The van der Waals surface area contributed by atoms with Crippen LogP contribution in [0.3, 0.4) is 0 Å². The molecular weight excluding hydrogens is 543 g/mol. The molecule has 0 bridgehead atoms. The molecule has 0 unspecified atom stereocenters. The lowest BCUT2D eigenvalue weighted by atomic mass is 9.80. The van der Waals surface area contributed by atoms with Crippen molar-refractivity contribution in [3.8, 4) is 5.75 Å². The zero-order chi connectivity index (χ0) is 29.0. The maximum atomic E-state index is 15.9. The Morgan fingerprint density at radius 2 is 1.73 bits per heavy atom. The number of carboxylic acids is 1. The lowest BCUT2D eigenvalue weighted by molar-refractivity contribution is -0.142. The van der Waals surface area contributed by atoms with E-state index < -0.39 is 58.3 Å². The molecular formula is C29H30F7NO3. The van der Waals surface area contributed by atoms with Crippen LogP contribution in [-0.4, -0.2) is 34.7 Å². The number of aliphatic carboxylic acids is 1. The highest BCUT2D eigenvalue weighted by Crippen LogP contribution is 2.50. The number of alkyl halides is 6. The van der Waals surface area contributed by atoms with Gasteiger partial charge in [0.2, 0.25) is 0 Å². The summed E-state index contributed by atoms with van der Waals surface area (Å²) in [4.78, 5) is 13.4. The van der Waals surface area contributed by atoms with Gasteiger partial charge in [-0.3, -0.25) is 9.69 Å². The summed E-state index contributed by atoms with van der Waals surface area (Å²) < 4.78 is 102. The number of ether oxygens (including phenoxy) is 1. The summed E-state index contributed by atoms with van der Waals surface area (Å²) in [6, 6.07) is 4.93. The molecule has 0 aromatic heterocycles. The molecule has 4 nitrogen and oxygen atoms in total. The molecule has 0 amide bonds. The number of halogens is 7. The van der Waals surface area contributed by atoms with Gasteiger partial charge in [-0.1, -0.05) is 19.1 Å². The van der Waals surface area contributed by atoms with Crippen molar-refractivity contribution in [1.29, 1.82) is 0 Å². The molecule has 1 aliphatic carbocycles. The van der Waals surface area contributed by atoms with Gasteiger partial charge in [-0.05, 0) is 79.3 Å². The molecule has 2 aromatic rings. The Balaban J connectivity index is 1.33. The summed E-state index contributed by atoms with van der Waals surface area (Å²) in [5, 5.41) is 9.59. The number of fused-ring (bicyclic) bond motifs is 1. The van der Waals surface area contributed by atoms with Crippen LogP contribution < -0.4 is 4.74 Å². The lowest BCUT2D eigenvalue weighted by Crippen LogP contribution is -2.49. The molecule has 2 heterocycles. The Bertz CT molecular complexity index is 1280. The molecule has 2 atom stereocenters. The average Bonchev–Trinajstić information content (AvgIpc) is 3.71. The first-order chi connectivity index (χ1) is 18.7. The number of hydrogen-bond donors (Lipinski definition) is 1. The van der Waals surface area contributed by atoms with Gasteiger partial charge >= 0.3 is 18.3 Å². The zero-order valence-electron chi connectivity index (χ0n) is 21.8. The number of hydrogen-bond acceptors (Lipinski definition) is 3. The van der Waals surface area contributed by atoms with E-state index >= 15 is 4.39 Å². The number of piperidine rings is 1. The van der Waals surface area contributed by atoms with Crippen molar-refractivity contribution in [1.82, 2.24) is 4.90 Å². The van der Waals surface area contributed by atoms with Gasteiger partial charge in [0, 0.05) is 25.6 Å². The third-order valence-electron chi connectivity index (χ3n) is 8.69. The molecule has 11 heteroatoms. The van der Waals surface area contributed by atoms with Gasteiger partial charge in [-0.2, -0.15) is 26.3 Å². The van der Waals surface area contributed by atoms with Crippen LogP contribution in [0.5, 0.6) is 5.75 Å². The number of rotatable bonds is 6. The van der Waals surface area contributed by atoms with E-state index in [2.05, 4.69) is 0 Å². The Morgan fingerprint density at radius 1 is 1.05 bits per heavy atom. The number of carboxylic acid groups (broad SMARTS) is 1. The number of carbonyl (C=O) groups is 1. The third kappa shape index (κ3) is 5.66. The van der Waals surface area contributed by atoms with Crippen molar-refractivity contribution in [3.63, 3.8) is 0 Å². The fourth-order valence-electron chi connectivity index (χ4n) is 6.24. The number of aryl methyl sites for hydroxylation is 1. The van der Waals surface area contributed by atoms with E-state index in [0.29, 0.717) is 55.0 Å². The van der Waals surface area contributed by atoms with Crippen LogP contribution in [0.25, 0.3) is 0 Å². The fourth-order valence-corrected chi connectivity index (χ4v) is 6.24. The van der Waals surface area contributed by atoms with Crippen molar-refractivity contribution in [2.45, 2.75) is 75.9 Å². The monoisotopic (exact) mass is 573 g/mol. The molecule has 2 aliphatic heterocycles. The SMILES string of the molecule is C[C@H](C(=O)O)[C@H](c1ccc2c(c1F)OC1(CC2)CCN(Cc2cc(C(F)(F)F)ccc2C(F)(F)F)CC1)C1CC1. The first kappa shape index (κ1) is 28.7. The molecule has 3 aliphatic rings. The second-order valence-corrected chi connectivity index (χ2v) is 11.4.